The van der Waals surface area contributed by atoms with Gasteiger partial charge in [0, 0.05) is 11.3 Å². The van der Waals surface area contributed by atoms with Crippen LogP contribution < -0.4 is 15.1 Å². The maximum atomic E-state index is 13.8. The Balaban J connectivity index is 1.59. The molecule has 8 heteroatoms. The Hall–Kier alpha value is -3.62. The minimum atomic E-state index is -1.00. The van der Waals surface area contributed by atoms with Crippen molar-refractivity contribution in [3.05, 3.63) is 89.5 Å². The average molecular weight is 499 g/mol. The molecule has 7 nitrogen and oxygen atoms in total. The molecule has 0 unspecified atom stereocenters. The smallest absolute Gasteiger partial charge is 0.494 e. The molecule has 1 amide bonds. The summed E-state index contributed by atoms with van der Waals surface area (Å²) in [6, 6.07) is 20.7. The summed E-state index contributed by atoms with van der Waals surface area (Å²) in [4.78, 5) is 28.1. The lowest BCUT2D eigenvalue weighted by Crippen LogP contribution is -2.45. The molecule has 3 aromatic carbocycles. The van der Waals surface area contributed by atoms with Gasteiger partial charge < -0.3 is 19.2 Å². The van der Waals surface area contributed by atoms with Crippen LogP contribution >= 0.6 is 0 Å². The fourth-order valence-electron chi connectivity index (χ4n) is 5.00. The molecule has 2 aliphatic rings. The number of carboxylic acid groups (broad SMARTS) is 1. The summed E-state index contributed by atoms with van der Waals surface area (Å²) >= 11 is 0. The van der Waals surface area contributed by atoms with Crippen LogP contribution in [0, 0.1) is 0 Å². The van der Waals surface area contributed by atoms with Crippen molar-refractivity contribution in [3.63, 3.8) is 0 Å². The van der Waals surface area contributed by atoms with Crippen LogP contribution in [0.3, 0.4) is 0 Å². The summed E-state index contributed by atoms with van der Waals surface area (Å²) in [5, 5.41) is 10.4. The lowest BCUT2D eigenvalue weighted by molar-refractivity contribution is -0.139. The topological polar surface area (TPSA) is 85.3 Å². The third-order valence-electron chi connectivity index (χ3n) is 7.76. The first-order chi connectivity index (χ1) is 17.5. The number of rotatable bonds is 5. The van der Waals surface area contributed by atoms with Crippen molar-refractivity contribution in [2.24, 2.45) is 0 Å². The van der Waals surface area contributed by atoms with Crippen molar-refractivity contribution in [2.45, 2.75) is 50.9 Å². The molecular formula is C29H30BNO6. The van der Waals surface area contributed by atoms with Crippen molar-refractivity contribution in [3.8, 4) is 5.75 Å². The highest BCUT2D eigenvalue weighted by Gasteiger charge is 2.52. The number of hydrogen-bond acceptors (Lipinski definition) is 5. The van der Waals surface area contributed by atoms with Crippen LogP contribution in [0.15, 0.2) is 72.8 Å². The van der Waals surface area contributed by atoms with E-state index in [4.69, 9.17) is 14.0 Å². The number of anilines is 1. The number of amides is 1. The van der Waals surface area contributed by atoms with Gasteiger partial charge in [0.2, 0.25) is 0 Å². The van der Waals surface area contributed by atoms with E-state index in [9.17, 15) is 14.7 Å². The minimum absolute atomic E-state index is 0.252. The molecule has 3 aromatic rings. The first-order valence-electron chi connectivity index (χ1n) is 12.3. The molecule has 1 fully saturated rings. The summed E-state index contributed by atoms with van der Waals surface area (Å²) in [5.74, 6) is -1.57. The van der Waals surface area contributed by atoms with Crippen LogP contribution in [0.1, 0.15) is 61.1 Å². The first-order valence-corrected chi connectivity index (χ1v) is 12.3. The standard InChI is InChI=1S/C29H30BNO6/c1-28(2)29(3,4)37-30(36-28)19-12-10-18(11-13-19)25-24(27(33)34)22-8-6-7-9-23(22)26(32)31(25)20-14-16-21(35-5)17-15-20/h6-17,24-25H,1-5H3,(H,33,34)/t24-,25-/m1/s1. The monoisotopic (exact) mass is 499 g/mol. The van der Waals surface area contributed by atoms with Crippen LogP contribution in [-0.4, -0.2) is 42.4 Å². The van der Waals surface area contributed by atoms with E-state index in [1.807, 2.05) is 52.0 Å². The number of carbonyl (C=O) groups is 2. The van der Waals surface area contributed by atoms with Crippen LogP contribution in [0.4, 0.5) is 5.69 Å². The van der Waals surface area contributed by atoms with Crippen LogP contribution in [-0.2, 0) is 14.1 Å². The molecule has 0 spiro atoms. The number of aliphatic carboxylic acids is 1. The average Bonchev–Trinajstić information content (AvgIpc) is 3.10. The molecule has 1 saturated heterocycles. The molecule has 2 aliphatic heterocycles. The van der Waals surface area contributed by atoms with E-state index in [0.29, 0.717) is 28.1 Å². The van der Waals surface area contributed by atoms with Gasteiger partial charge in [-0.15, -0.1) is 0 Å². The van der Waals surface area contributed by atoms with Gasteiger partial charge in [0.25, 0.3) is 5.91 Å². The second-order valence-corrected chi connectivity index (χ2v) is 10.5. The van der Waals surface area contributed by atoms with Gasteiger partial charge >= 0.3 is 13.1 Å². The molecule has 37 heavy (non-hydrogen) atoms. The van der Waals surface area contributed by atoms with Gasteiger partial charge in [-0.05, 0) is 74.6 Å². The molecule has 2 heterocycles. The lowest BCUT2D eigenvalue weighted by atomic mass is 9.76. The molecule has 5 rings (SSSR count). The van der Waals surface area contributed by atoms with E-state index in [1.54, 1.807) is 60.5 Å². The maximum Gasteiger partial charge on any atom is 0.494 e. The van der Waals surface area contributed by atoms with Crippen LogP contribution in [0.5, 0.6) is 5.75 Å². The Bertz CT molecular complexity index is 1320. The van der Waals surface area contributed by atoms with E-state index in [0.717, 1.165) is 5.46 Å². The minimum Gasteiger partial charge on any atom is -0.497 e. The number of carbonyl (C=O) groups excluding carboxylic acids is 1. The molecule has 0 saturated carbocycles. The van der Waals surface area contributed by atoms with E-state index < -0.39 is 36.2 Å². The predicted octanol–water partition coefficient (Wildman–Crippen LogP) is 4.56. The third-order valence-corrected chi connectivity index (χ3v) is 7.76. The van der Waals surface area contributed by atoms with Gasteiger partial charge in [-0.1, -0.05) is 42.5 Å². The van der Waals surface area contributed by atoms with Crippen molar-refractivity contribution in [2.75, 3.05) is 12.0 Å². The quantitative estimate of drug-likeness (QED) is 0.518. The van der Waals surface area contributed by atoms with Gasteiger partial charge in [0.05, 0.1) is 24.4 Å². The number of carboxylic acids is 1. The number of fused-ring (bicyclic) bond motifs is 1. The second kappa shape index (κ2) is 9.05. The lowest BCUT2D eigenvalue weighted by Gasteiger charge is -2.41. The Morgan fingerprint density at radius 1 is 0.919 bits per heavy atom. The Kier molecular flexibility index (Phi) is 6.12. The molecule has 190 valence electrons. The molecule has 0 radical (unpaired) electrons. The number of benzene rings is 3. The predicted molar refractivity (Wildman–Crippen MR) is 142 cm³/mol. The summed E-state index contributed by atoms with van der Waals surface area (Å²) in [5.41, 5.74) is 2.05. The van der Waals surface area contributed by atoms with E-state index >= 15 is 0 Å². The summed E-state index contributed by atoms with van der Waals surface area (Å²) in [7, 11) is 1.03. The van der Waals surface area contributed by atoms with Gasteiger partial charge in [-0.25, -0.2) is 0 Å². The Morgan fingerprint density at radius 2 is 1.51 bits per heavy atom. The molecule has 1 N–H and O–H groups in total. The maximum absolute atomic E-state index is 13.8. The molecule has 0 aliphatic carbocycles. The zero-order chi connectivity index (χ0) is 26.5. The fourth-order valence-corrected chi connectivity index (χ4v) is 5.00. The third kappa shape index (κ3) is 4.20. The van der Waals surface area contributed by atoms with E-state index in [2.05, 4.69) is 0 Å². The van der Waals surface area contributed by atoms with Crippen molar-refractivity contribution >= 4 is 30.1 Å². The second-order valence-electron chi connectivity index (χ2n) is 10.5. The van der Waals surface area contributed by atoms with Crippen molar-refractivity contribution in [1.82, 2.24) is 0 Å². The largest absolute Gasteiger partial charge is 0.497 e. The molecule has 0 aromatic heterocycles. The molecule has 2 atom stereocenters. The van der Waals surface area contributed by atoms with Gasteiger partial charge in [0.15, 0.2) is 0 Å². The van der Waals surface area contributed by atoms with E-state index in [-0.39, 0.29) is 5.91 Å². The fraction of sp³-hybridized carbons (Fsp3) is 0.310. The Morgan fingerprint density at radius 3 is 2.08 bits per heavy atom. The molecular weight excluding hydrogens is 469 g/mol. The molecule has 0 bridgehead atoms. The van der Waals surface area contributed by atoms with Crippen molar-refractivity contribution in [1.29, 1.82) is 0 Å². The zero-order valence-corrected chi connectivity index (χ0v) is 21.6. The SMILES string of the molecule is COc1ccc(N2C(=O)c3ccccc3[C@@H](C(=O)O)[C@H]2c2ccc(B3OC(C)(C)C(C)(C)O3)cc2)cc1. The van der Waals surface area contributed by atoms with Gasteiger partial charge in [-0.3, -0.25) is 14.5 Å². The van der Waals surface area contributed by atoms with Gasteiger partial charge in [0.1, 0.15) is 11.7 Å². The van der Waals surface area contributed by atoms with Crippen LogP contribution in [0.2, 0.25) is 0 Å². The highest BCUT2D eigenvalue weighted by molar-refractivity contribution is 6.62. The van der Waals surface area contributed by atoms with Crippen LogP contribution in [0.25, 0.3) is 0 Å². The summed E-state index contributed by atoms with van der Waals surface area (Å²) in [6.07, 6.45) is 0. The zero-order valence-electron chi connectivity index (χ0n) is 21.6. The number of hydrogen-bond donors (Lipinski definition) is 1. The first kappa shape index (κ1) is 25.1. The van der Waals surface area contributed by atoms with Crippen molar-refractivity contribution < 1.29 is 28.7 Å². The highest BCUT2D eigenvalue weighted by Crippen LogP contribution is 2.45. The van der Waals surface area contributed by atoms with E-state index in [1.165, 1.54) is 0 Å². The number of methoxy groups -OCH3 is 1. The summed E-state index contributed by atoms with van der Waals surface area (Å²) in [6.45, 7) is 7.99. The summed E-state index contributed by atoms with van der Waals surface area (Å²) < 4.78 is 17.6. The normalized spacial score (nSPS) is 22.0. The number of nitrogens with zero attached hydrogens (tertiary/aromatic N) is 1. The highest BCUT2D eigenvalue weighted by atomic mass is 16.7. The Labute approximate surface area is 217 Å². The van der Waals surface area contributed by atoms with Gasteiger partial charge in [-0.2, -0.15) is 0 Å². The number of ether oxygens (including phenoxy) is 1.